The maximum absolute atomic E-state index is 12.8. The first kappa shape index (κ1) is 16.5. The molecule has 0 spiro atoms. The molecule has 0 fully saturated rings. The average Bonchev–Trinajstić information content (AvgIpc) is 2.59. The molecular formula is C17H17FN2O3. The van der Waals surface area contributed by atoms with Crippen molar-refractivity contribution in [3.8, 4) is 0 Å². The normalized spacial score (nSPS) is 10.0. The molecule has 0 aromatic heterocycles. The van der Waals surface area contributed by atoms with Crippen LogP contribution in [-0.2, 0) is 17.8 Å². The van der Waals surface area contributed by atoms with Crippen LogP contribution in [0.15, 0.2) is 48.5 Å². The van der Waals surface area contributed by atoms with Crippen LogP contribution in [0.5, 0.6) is 0 Å². The number of halogens is 1. The Bertz CT molecular complexity index is 669. The fourth-order valence-corrected chi connectivity index (χ4v) is 1.91. The monoisotopic (exact) mass is 316 g/mol. The summed E-state index contributed by atoms with van der Waals surface area (Å²) in [6.07, 6.45) is 0. The lowest BCUT2D eigenvalue weighted by atomic mass is 10.1. The Balaban J connectivity index is 1.77. The number of nitrogens with one attached hydrogen (secondary N) is 2. The third kappa shape index (κ3) is 5.10. The second-order valence-electron chi connectivity index (χ2n) is 4.85. The smallest absolute Gasteiger partial charge is 0.337 e. The van der Waals surface area contributed by atoms with Gasteiger partial charge in [-0.1, -0.05) is 24.3 Å². The highest BCUT2D eigenvalue weighted by Crippen LogP contribution is 2.06. The van der Waals surface area contributed by atoms with Gasteiger partial charge in [-0.3, -0.25) is 0 Å². The molecule has 0 saturated heterocycles. The van der Waals surface area contributed by atoms with Gasteiger partial charge in [0.05, 0.1) is 12.7 Å². The molecule has 23 heavy (non-hydrogen) atoms. The van der Waals surface area contributed by atoms with Gasteiger partial charge in [0.15, 0.2) is 0 Å². The van der Waals surface area contributed by atoms with Gasteiger partial charge in [-0.25, -0.2) is 14.0 Å². The third-order valence-corrected chi connectivity index (χ3v) is 3.19. The van der Waals surface area contributed by atoms with E-state index in [0.29, 0.717) is 18.7 Å². The van der Waals surface area contributed by atoms with E-state index in [1.54, 1.807) is 36.4 Å². The summed E-state index contributed by atoms with van der Waals surface area (Å²) >= 11 is 0. The van der Waals surface area contributed by atoms with Crippen molar-refractivity contribution < 1.29 is 18.7 Å². The van der Waals surface area contributed by atoms with Gasteiger partial charge in [0, 0.05) is 13.1 Å². The predicted molar refractivity (Wildman–Crippen MR) is 83.3 cm³/mol. The molecular weight excluding hydrogens is 299 g/mol. The highest BCUT2D eigenvalue weighted by atomic mass is 19.1. The Hall–Kier alpha value is -2.89. The molecule has 120 valence electrons. The Morgan fingerprint density at radius 1 is 0.913 bits per heavy atom. The standard InChI is InChI=1S/C17H17FN2O3/c1-23-16(21)14-6-2-12(3-7-14)10-19-17(22)20-11-13-4-8-15(18)9-5-13/h2-9H,10-11H2,1H3,(H2,19,20,22). The van der Waals surface area contributed by atoms with Gasteiger partial charge in [-0.15, -0.1) is 0 Å². The maximum Gasteiger partial charge on any atom is 0.337 e. The Morgan fingerprint density at radius 3 is 1.87 bits per heavy atom. The maximum atomic E-state index is 12.8. The van der Waals surface area contributed by atoms with E-state index >= 15 is 0 Å². The lowest BCUT2D eigenvalue weighted by Gasteiger charge is -2.08. The van der Waals surface area contributed by atoms with Gasteiger partial charge < -0.3 is 15.4 Å². The fraction of sp³-hybridized carbons (Fsp3) is 0.176. The van der Waals surface area contributed by atoms with Gasteiger partial charge in [-0.05, 0) is 35.4 Å². The molecule has 6 heteroatoms. The largest absolute Gasteiger partial charge is 0.465 e. The van der Waals surface area contributed by atoms with Crippen LogP contribution in [0.2, 0.25) is 0 Å². The highest BCUT2D eigenvalue weighted by molar-refractivity contribution is 5.89. The molecule has 0 heterocycles. The number of carbonyl (C=O) groups excluding carboxylic acids is 2. The number of hydrogen-bond donors (Lipinski definition) is 2. The molecule has 5 nitrogen and oxygen atoms in total. The van der Waals surface area contributed by atoms with Crippen LogP contribution in [0, 0.1) is 5.82 Å². The minimum absolute atomic E-state index is 0.311. The zero-order chi connectivity index (χ0) is 16.7. The van der Waals surface area contributed by atoms with Crippen molar-refractivity contribution in [3.63, 3.8) is 0 Å². The molecule has 0 aliphatic carbocycles. The summed E-state index contributed by atoms with van der Waals surface area (Å²) in [4.78, 5) is 23.0. The molecule has 2 aromatic carbocycles. The van der Waals surface area contributed by atoms with E-state index in [9.17, 15) is 14.0 Å². The van der Waals surface area contributed by atoms with E-state index in [2.05, 4.69) is 15.4 Å². The summed E-state index contributed by atoms with van der Waals surface area (Å²) < 4.78 is 17.4. The van der Waals surface area contributed by atoms with E-state index in [1.165, 1.54) is 19.2 Å². The van der Waals surface area contributed by atoms with Crippen LogP contribution in [0.3, 0.4) is 0 Å². The van der Waals surface area contributed by atoms with Crippen molar-refractivity contribution in [2.75, 3.05) is 7.11 Å². The van der Waals surface area contributed by atoms with E-state index in [0.717, 1.165) is 11.1 Å². The van der Waals surface area contributed by atoms with E-state index in [4.69, 9.17) is 0 Å². The van der Waals surface area contributed by atoms with Gasteiger partial charge in [0.1, 0.15) is 5.82 Å². The summed E-state index contributed by atoms with van der Waals surface area (Å²) in [5, 5.41) is 5.38. The molecule has 0 aliphatic heterocycles. The lowest BCUT2D eigenvalue weighted by molar-refractivity contribution is 0.0600. The summed E-state index contributed by atoms with van der Waals surface area (Å²) in [5.74, 6) is -0.713. The molecule has 2 aromatic rings. The lowest BCUT2D eigenvalue weighted by Crippen LogP contribution is -2.34. The molecule has 0 aliphatic rings. The molecule has 2 N–H and O–H groups in total. The number of carbonyl (C=O) groups is 2. The first-order chi connectivity index (χ1) is 11.1. The summed E-state index contributed by atoms with van der Waals surface area (Å²) in [6, 6.07) is 12.3. The molecule has 0 atom stereocenters. The molecule has 2 amide bonds. The minimum Gasteiger partial charge on any atom is -0.465 e. The van der Waals surface area contributed by atoms with Crippen molar-refractivity contribution in [2.45, 2.75) is 13.1 Å². The number of methoxy groups -OCH3 is 1. The van der Waals surface area contributed by atoms with Crippen LogP contribution in [-0.4, -0.2) is 19.1 Å². The topological polar surface area (TPSA) is 67.4 Å². The number of rotatable bonds is 5. The van der Waals surface area contributed by atoms with E-state index in [-0.39, 0.29) is 11.8 Å². The third-order valence-electron chi connectivity index (χ3n) is 3.19. The molecule has 0 bridgehead atoms. The zero-order valence-electron chi connectivity index (χ0n) is 12.6. The molecule has 2 rings (SSSR count). The number of esters is 1. The highest BCUT2D eigenvalue weighted by Gasteiger charge is 2.05. The Morgan fingerprint density at radius 2 is 1.39 bits per heavy atom. The van der Waals surface area contributed by atoms with Crippen LogP contribution >= 0.6 is 0 Å². The first-order valence-corrected chi connectivity index (χ1v) is 7.02. The molecule has 0 radical (unpaired) electrons. The Labute approximate surface area is 133 Å². The van der Waals surface area contributed by atoms with Crippen LogP contribution < -0.4 is 10.6 Å². The first-order valence-electron chi connectivity index (χ1n) is 7.02. The fourth-order valence-electron chi connectivity index (χ4n) is 1.91. The summed E-state index contributed by atoms with van der Waals surface area (Å²) in [5.41, 5.74) is 2.12. The van der Waals surface area contributed by atoms with E-state index < -0.39 is 5.97 Å². The minimum atomic E-state index is -0.401. The second-order valence-corrected chi connectivity index (χ2v) is 4.85. The van der Waals surface area contributed by atoms with Crippen LogP contribution in [0.25, 0.3) is 0 Å². The van der Waals surface area contributed by atoms with Crippen molar-refractivity contribution in [2.24, 2.45) is 0 Å². The van der Waals surface area contributed by atoms with Crippen molar-refractivity contribution in [1.29, 1.82) is 0 Å². The zero-order valence-corrected chi connectivity index (χ0v) is 12.6. The number of hydrogen-bond acceptors (Lipinski definition) is 3. The van der Waals surface area contributed by atoms with Crippen molar-refractivity contribution >= 4 is 12.0 Å². The average molecular weight is 316 g/mol. The summed E-state index contributed by atoms with van der Waals surface area (Å²) in [7, 11) is 1.32. The van der Waals surface area contributed by atoms with Gasteiger partial charge >= 0.3 is 12.0 Å². The van der Waals surface area contributed by atoms with Gasteiger partial charge in [0.25, 0.3) is 0 Å². The number of amides is 2. The van der Waals surface area contributed by atoms with Crippen molar-refractivity contribution in [1.82, 2.24) is 10.6 Å². The van der Waals surface area contributed by atoms with Crippen LogP contribution in [0.4, 0.5) is 9.18 Å². The Kier molecular flexibility index (Phi) is 5.68. The van der Waals surface area contributed by atoms with Gasteiger partial charge in [0.2, 0.25) is 0 Å². The SMILES string of the molecule is COC(=O)c1ccc(CNC(=O)NCc2ccc(F)cc2)cc1. The quantitative estimate of drug-likeness (QED) is 0.833. The predicted octanol–water partition coefficient (Wildman–Crippen LogP) is 2.61. The van der Waals surface area contributed by atoms with Crippen molar-refractivity contribution in [3.05, 3.63) is 71.0 Å². The van der Waals surface area contributed by atoms with E-state index in [1.807, 2.05) is 0 Å². The number of urea groups is 1. The summed E-state index contributed by atoms with van der Waals surface area (Å²) in [6.45, 7) is 0.643. The molecule has 0 unspecified atom stereocenters. The van der Waals surface area contributed by atoms with Gasteiger partial charge in [-0.2, -0.15) is 0 Å². The number of ether oxygens (including phenoxy) is 1. The molecule has 0 saturated carbocycles. The second kappa shape index (κ2) is 7.93. The van der Waals surface area contributed by atoms with Crippen LogP contribution in [0.1, 0.15) is 21.5 Å². The number of benzene rings is 2.